The summed E-state index contributed by atoms with van der Waals surface area (Å²) >= 11 is 0. The molecule has 1 N–H and O–H groups in total. The van der Waals surface area contributed by atoms with Crippen LogP contribution in [0.2, 0.25) is 0 Å². The van der Waals surface area contributed by atoms with E-state index in [2.05, 4.69) is 5.32 Å². The van der Waals surface area contributed by atoms with Crippen molar-refractivity contribution in [3.63, 3.8) is 0 Å². The minimum absolute atomic E-state index is 0.544. The van der Waals surface area contributed by atoms with Gasteiger partial charge in [0, 0.05) is 25.8 Å². The van der Waals surface area contributed by atoms with Gasteiger partial charge in [0.1, 0.15) is 12.4 Å². The maximum atomic E-state index is 12.2. The monoisotopic (exact) mass is 259 g/mol. The van der Waals surface area contributed by atoms with Crippen LogP contribution in [-0.4, -0.2) is 33.3 Å². The summed E-state index contributed by atoms with van der Waals surface area (Å²) < 4.78 is 34.4. The normalized spacial score (nSPS) is 10.9. The Bertz CT molecular complexity index is 359. The van der Waals surface area contributed by atoms with Crippen molar-refractivity contribution in [3.8, 4) is 5.75 Å². The number of methoxy groups -OCH3 is 1. The molecule has 0 aromatic heterocycles. The van der Waals surface area contributed by atoms with E-state index < -0.39 is 13.0 Å². The molecular weight excluding hydrogens is 240 g/mol. The predicted molar refractivity (Wildman–Crippen MR) is 66.3 cm³/mol. The molecule has 1 aromatic rings. The molecule has 0 spiro atoms. The number of ether oxygens (including phenoxy) is 2. The van der Waals surface area contributed by atoms with E-state index in [4.69, 9.17) is 9.47 Å². The summed E-state index contributed by atoms with van der Waals surface area (Å²) in [6.07, 6.45) is -2.46. The number of rotatable bonds is 8. The fourth-order valence-electron chi connectivity index (χ4n) is 1.60. The van der Waals surface area contributed by atoms with E-state index in [1.54, 1.807) is 7.11 Å². The predicted octanol–water partition coefficient (Wildman–Crippen LogP) is 2.37. The van der Waals surface area contributed by atoms with Gasteiger partial charge in [-0.25, -0.2) is 8.78 Å². The highest BCUT2D eigenvalue weighted by Crippen LogP contribution is 2.23. The second kappa shape index (κ2) is 8.00. The van der Waals surface area contributed by atoms with Gasteiger partial charge in [-0.05, 0) is 12.5 Å². The average Bonchev–Trinajstić information content (AvgIpc) is 2.33. The Balaban J connectivity index is 2.61. The minimum atomic E-state index is -2.46. The first-order valence-corrected chi connectivity index (χ1v) is 5.84. The van der Waals surface area contributed by atoms with Gasteiger partial charge in [0.05, 0.1) is 6.61 Å². The molecule has 1 rings (SSSR count). The van der Waals surface area contributed by atoms with Crippen LogP contribution in [0.3, 0.4) is 0 Å². The summed E-state index contributed by atoms with van der Waals surface area (Å²) in [5.74, 6) is 0.544. The van der Waals surface area contributed by atoms with E-state index in [1.807, 2.05) is 25.1 Å². The lowest BCUT2D eigenvalue weighted by molar-refractivity contribution is 0.0810. The van der Waals surface area contributed by atoms with Crippen LogP contribution in [0.15, 0.2) is 18.2 Å². The van der Waals surface area contributed by atoms with Crippen molar-refractivity contribution in [3.05, 3.63) is 29.3 Å². The molecule has 0 amide bonds. The summed E-state index contributed by atoms with van der Waals surface area (Å²) in [6.45, 7) is 3.16. The van der Waals surface area contributed by atoms with Gasteiger partial charge in [-0.3, -0.25) is 0 Å². The second-order valence-corrected chi connectivity index (χ2v) is 3.93. The van der Waals surface area contributed by atoms with Gasteiger partial charge < -0.3 is 14.8 Å². The summed E-state index contributed by atoms with van der Waals surface area (Å²) in [7, 11) is 1.63. The highest BCUT2D eigenvalue weighted by molar-refractivity contribution is 5.40. The largest absolute Gasteiger partial charge is 0.487 e. The highest BCUT2D eigenvalue weighted by atomic mass is 19.3. The molecule has 0 fully saturated rings. The number of benzene rings is 1. The van der Waals surface area contributed by atoms with Gasteiger partial charge in [-0.15, -0.1) is 0 Å². The number of hydrogen-bond donors (Lipinski definition) is 1. The Labute approximate surface area is 106 Å². The average molecular weight is 259 g/mol. The minimum Gasteiger partial charge on any atom is -0.487 e. The molecule has 102 valence electrons. The number of hydrogen-bond acceptors (Lipinski definition) is 3. The Kier molecular flexibility index (Phi) is 6.60. The van der Waals surface area contributed by atoms with Gasteiger partial charge in [0.2, 0.25) is 0 Å². The third kappa shape index (κ3) is 4.98. The quantitative estimate of drug-likeness (QED) is 0.727. The zero-order valence-electron chi connectivity index (χ0n) is 10.7. The lowest BCUT2D eigenvalue weighted by atomic mass is 10.1. The Morgan fingerprint density at radius 3 is 2.78 bits per heavy atom. The molecule has 0 aliphatic rings. The molecule has 0 unspecified atom stereocenters. The summed E-state index contributed by atoms with van der Waals surface area (Å²) in [5, 5.41) is 3.17. The van der Waals surface area contributed by atoms with Crippen LogP contribution >= 0.6 is 0 Å². The van der Waals surface area contributed by atoms with E-state index in [-0.39, 0.29) is 0 Å². The third-order valence-corrected chi connectivity index (χ3v) is 2.45. The van der Waals surface area contributed by atoms with E-state index in [9.17, 15) is 8.78 Å². The second-order valence-electron chi connectivity index (χ2n) is 3.93. The van der Waals surface area contributed by atoms with Crippen molar-refractivity contribution in [1.29, 1.82) is 0 Å². The fourth-order valence-corrected chi connectivity index (χ4v) is 1.60. The third-order valence-electron chi connectivity index (χ3n) is 2.45. The molecule has 18 heavy (non-hydrogen) atoms. The standard InChI is InChI=1S/C13H19F2NO2/c1-10-4-3-5-11(8-16-6-7-17-2)13(10)18-9-12(14)15/h3-5,12,16H,6-9H2,1-2H3. The molecule has 0 heterocycles. The molecule has 0 saturated heterocycles. The Hall–Kier alpha value is -1.20. The zero-order valence-corrected chi connectivity index (χ0v) is 10.7. The molecule has 0 aliphatic heterocycles. The van der Waals surface area contributed by atoms with Crippen LogP contribution in [0.25, 0.3) is 0 Å². The lowest BCUT2D eigenvalue weighted by Gasteiger charge is -2.14. The van der Waals surface area contributed by atoms with E-state index in [1.165, 1.54) is 0 Å². The van der Waals surface area contributed by atoms with Crippen LogP contribution in [0.5, 0.6) is 5.75 Å². The van der Waals surface area contributed by atoms with Crippen molar-refractivity contribution in [2.24, 2.45) is 0 Å². The first kappa shape index (κ1) is 14.9. The molecule has 5 heteroatoms. The van der Waals surface area contributed by atoms with Gasteiger partial charge in [-0.1, -0.05) is 18.2 Å². The fraction of sp³-hybridized carbons (Fsp3) is 0.538. The van der Waals surface area contributed by atoms with Crippen molar-refractivity contribution >= 4 is 0 Å². The summed E-state index contributed by atoms with van der Waals surface area (Å²) in [6, 6.07) is 5.60. The van der Waals surface area contributed by atoms with Gasteiger partial charge in [0.25, 0.3) is 6.43 Å². The van der Waals surface area contributed by atoms with Crippen LogP contribution in [0.4, 0.5) is 8.78 Å². The molecule has 0 bridgehead atoms. The highest BCUT2D eigenvalue weighted by Gasteiger charge is 2.10. The Morgan fingerprint density at radius 1 is 1.33 bits per heavy atom. The molecule has 1 aromatic carbocycles. The zero-order chi connectivity index (χ0) is 13.4. The Morgan fingerprint density at radius 2 is 2.11 bits per heavy atom. The lowest BCUT2D eigenvalue weighted by Crippen LogP contribution is -2.19. The maximum absolute atomic E-state index is 12.2. The van der Waals surface area contributed by atoms with Crippen molar-refractivity contribution in [2.45, 2.75) is 19.9 Å². The first-order chi connectivity index (χ1) is 8.65. The van der Waals surface area contributed by atoms with Crippen LogP contribution in [0.1, 0.15) is 11.1 Å². The van der Waals surface area contributed by atoms with Gasteiger partial charge >= 0.3 is 0 Å². The number of nitrogens with one attached hydrogen (secondary N) is 1. The summed E-state index contributed by atoms with van der Waals surface area (Å²) in [4.78, 5) is 0. The molecule has 0 aliphatic carbocycles. The molecule has 0 atom stereocenters. The van der Waals surface area contributed by atoms with E-state index in [0.29, 0.717) is 25.4 Å². The first-order valence-electron chi connectivity index (χ1n) is 5.84. The van der Waals surface area contributed by atoms with Crippen LogP contribution in [-0.2, 0) is 11.3 Å². The molecule has 0 radical (unpaired) electrons. The van der Waals surface area contributed by atoms with Crippen LogP contribution in [0, 0.1) is 6.92 Å². The maximum Gasteiger partial charge on any atom is 0.272 e. The van der Waals surface area contributed by atoms with Crippen molar-refractivity contribution in [2.75, 3.05) is 26.9 Å². The topological polar surface area (TPSA) is 30.5 Å². The number of aryl methyl sites for hydroxylation is 1. The number of para-hydroxylation sites is 1. The van der Waals surface area contributed by atoms with Crippen molar-refractivity contribution in [1.82, 2.24) is 5.32 Å². The van der Waals surface area contributed by atoms with E-state index in [0.717, 1.165) is 11.1 Å². The molecular formula is C13H19F2NO2. The molecule has 3 nitrogen and oxygen atoms in total. The van der Waals surface area contributed by atoms with E-state index >= 15 is 0 Å². The van der Waals surface area contributed by atoms with Gasteiger partial charge in [0.15, 0.2) is 0 Å². The number of alkyl halides is 2. The smallest absolute Gasteiger partial charge is 0.272 e. The molecule has 0 saturated carbocycles. The van der Waals surface area contributed by atoms with Gasteiger partial charge in [-0.2, -0.15) is 0 Å². The number of halogens is 2. The summed E-state index contributed by atoms with van der Waals surface area (Å²) in [5.41, 5.74) is 1.74. The van der Waals surface area contributed by atoms with Crippen molar-refractivity contribution < 1.29 is 18.3 Å². The SMILES string of the molecule is COCCNCc1cccc(C)c1OCC(F)F. The van der Waals surface area contributed by atoms with Crippen LogP contribution < -0.4 is 10.1 Å².